The van der Waals surface area contributed by atoms with Crippen LogP contribution in [0.25, 0.3) is 0 Å². The van der Waals surface area contributed by atoms with Gasteiger partial charge in [0.25, 0.3) is 0 Å². The summed E-state index contributed by atoms with van der Waals surface area (Å²) in [5.41, 5.74) is 2.11. The molecule has 0 saturated carbocycles. The molecule has 0 aromatic carbocycles. The van der Waals surface area contributed by atoms with Gasteiger partial charge < -0.3 is 9.84 Å². The Hall–Kier alpha value is -2.26. The Bertz CT molecular complexity index is 871. The molecule has 0 spiro atoms. The van der Waals surface area contributed by atoms with E-state index in [9.17, 15) is 4.79 Å². The molecular weight excluding hydrogens is 364 g/mol. The summed E-state index contributed by atoms with van der Waals surface area (Å²) in [5, 5.41) is 20.5. The number of aryl methyl sites for hydroxylation is 5. The SMILES string of the molecule is Cc1cc(C)n(CCc2nnc(NC(=O)CCc3cc(Cl)no3)s2)n1. The summed E-state index contributed by atoms with van der Waals surface area (Å²) < 4.78 is 6.90. The molecule has 0 aliphatic carbocycles. The first-order valence-electron chi connectivity index (χ1n) is 7.74. The maximum Gasteiger partial charge on any atom is 0.226 e. The van der Waals surface area contributed by atoms with E-state index >= 15 is 0 Å². The van der Waals surface area contributed by atoms with Gasteiger partial charge in [-0.2, -0.15) is 5.10 Å². The minimum Gasteiger partial charge on any atom is -0.360 e. The predicted octanol–water partition coefficient (Wildman–Crippen LogP) is 2.81. The van der Waals surface area contributed by atoms with Gasteiger partial charge in [-0.15, -0.1) is 10.2 Å². The quantitative estimate of drug-likeness (QED) is 0.676. The van der Waals surface area contributed by atoms with Gasteiger partial charge in [0.1, 0.15) is 10.8 Å². The molecule has 3 aromatic rings. The zero-order chi connectivity index (χ0) is 17.8. The number of anilines is 1. The van der Waals surface area contributed by atoms with Gasteiger partial charge in [0, 0.05) is 37.6 Å². The van der Waals surface area contributed by atoms with Gasteiger partial charge in [0.2, 0.25) is 11.0 Å². The number of nitrogens with zero attached hydrogens (tertiary/aromatic N) is 5. The van der Waals surface area contributed by atoms with E-state index in [2.05, 4.69) is 25.8 Å². The number of rotatable bonds is 7. The fraction of sp³-hybridized carbons (Fsp3) is 0.400. The van der Waals surface area contributed by atoms with E-state index in [-0.39, 0.29) is 17.5 Å². The molecule has 3 rings (SSSR count). The van der Waals surface area contributed by atoms with Crippen molar-refractivity contribution in [2.45, 2.75) is 39.7 Å². The van der Waals surface area contributed by atoms with Gasteiger partial charge in [-0.1, -0.05) is 28.1 Å². The Morgan fingerprint density at radius 3 is 2.84 bits per heavy atom. The molecule has 1 amide bonds. The maximum atomic E-state index is 11.9. The fourth-order valence-electron chi connectivity index (χ4n) is 2.33. The summed E-state index contributed by atoms with van der Waals surface area (Å²) in [5.74, 6) is 0.414. The van der Waals surface area contributed by atoms with E-state index in [4.69, 9.17) is 16.1 Å². The lowest BCUT2D eigenvalue weighted by Crippen LogP contribution is -2.11. The molecule has 8 nitrogen and oxygen atoms in total. The van der Waals surface area contributed by atoms with Crippen molar-refractivity contribution in [2.75, 3.05) is 5.32 Å². The molecule has 0 atom stereocenters. The number of aromatic nitrogens is 5. The second-order valence-electron chi connectivity index (χ2n) is 5.57. The minimum atomic E-state index is -0.159. The first-order valence-corrected chi connectivity index (χ1v) is 8.93. The molecule has 0 saturated heterocycles. The molecule has 132 valence electrons. The molecule has 0 radical (unpaired) electrons. The molecule has 0 bridgehead atoms. The monoisotopic (exact) mass is 380 g/mol. The van der Waals surface area contributed by atoms with Crippen LogP contribution in [0.3, 0.4) is 0 Å². The van der Waals surface area contributed by atoms with Crippen molar-refractivity contribution in [1.29, 1.82) is 0 Å². The van der Waals surface area contributed by atoms with Crippen molar-refractivity contribution in [3.63, 3.8) is 0 Å². The lowest BCUT2D eigenvalue weighted by atomic mass is 10.2. The molecule has 1 N–H and O–H groups in total. The van der Waals surface area contributed by atoms with Crippen LogP contribution >= 0.6 is 22.9 Å². The second-order valence-corrected chi connectivity index (χ2v) is 7.01. The highest BCUT2D eigenvalue weighted by atomic mass is 35.5. The zero-order valence-electron chi connectivity index (χ0n) is 13.8. The average Bonchev–Trinajstić information content (AvgIpc) is 3.25. The van der Waals surface area contributed by atoms with E-state index in [0.717, 1.165) is 22.9 Å². The smallest absolute Gasteiger partial charge is 0.226 e. The normalized spacial score (nSPS) is 11.0. The third-order valence-electron chi connectivity index (χ3n) is 3.48. The molecule has 0 fully saturated rings. The number of hydrogen-bond acceptors (Lipinski definition) is 7. The van der Waals surface area contributed by atoms with E-state index in [1.807, 2.05) is 24.6 Å². The molecule has 3 heterocycles. The summed E-state index contributed by atoms with van der Waals surface area (Å²) in [6.45, 7) is 4.72. The standard InChI is InChI=1S/C15H17ClN6O2S/c1-9-7-10(2)22(20-9)6-5-14-18-19-15(25-14)17-13(23)4-3-11-8-12(16)21-24-11/h7-8H,3-6H2,1-2H3,(H,17,19,23). The van der Waals surface area contributed by atoms with Crippen LogP contribution < -0.4 is 5.32 Å². The lowest BCUT2D eigenvalue weighted by molar-refractivity contribution is -0.116. The van der Waals surface area contributed by atoms with Gasteiger partial charge >= 0.3 is 0 Å². The Balaban J connectivity index is 1.47. The highest BCUT2D eigenvalue weighted by Crippen LogP contribution is 2.17. The molecule has 0 aliphatic rings. The van der Waals surface area contributed by atoms with Crippen LogP contribution in [0.4, 0.5) is 5.13 Å². The van der Waals surface area contributed by atoms with E-state index < -0.39 is 0 Å². The van der Waals surface area contributed by atoms with Crippen molar-refractivity contribution < 1.29 is 9.32 Å². The Kier molecular flexibility index (Phi) is 5.44. The van der Waals surface area contributed by atoms with Crippen molar-refractivity contribution in [3.05, 3.63) is 39.4 Å². The highest BCUT2D eigenvalue weighted by molar-refractivity contribution is 7.15. The van der Waals surface area contributed by atoms with Crippen molar-refractivity contribution >= 4 is 34.0 Å². The number of halogens is 1. The second kappa shape index (κ2) is 7.75. The van der Waals surface area contributed by atoms with Gasteiger partial charge in [-0.25, -0.2) is 0 Å². The first-order chi connectivity index (χ1) is 12.0. The topological polar surface area (TPSA) is 98.7 Å². The highest BCUT2D eigenvalue weighted by Gasteiger charge is 2.11. The van der Waals surface area contributed by atoms with Crippen LogP contribution in [-0.2, 0) is 24.2 Å². The number of carbonyl (C=O) groups is 1. The third-order valence-corrected chi connectivity index (χ3v) is 4.56. The molecule has 25 heavy (non-hydrogen) atoms. The first kappa shape index (κ1) is 17.6. The van der Waals surface area contributed by atoms with Crippen LogP contribution in [0.1, 0.15) is 28.6 Å². The summed E-state index contributed by atoms with van der Waals surface area (Å²) in [6, 6.07) is 3.63. The zero-order valence-corrected chi connectivity index (χ0v) is 15.4. The van der Waals surface area contributed by atoms with Crippen LogP contribution in [0, 0.1) is 13.8 Å². The number of amides is 1. The van der Waals surface area contributed by atoms with E-state index in [1.54, 1.807) is 6.07 Å². The number of hydrogen-bond donors (Lipinski definition) is 1. The molecule has 0 aliphatic heterocycles. The third kappa shape index (κ3) is 4.86. The Labute approximate surface area is 153 Å². The van der Waals surface area contributed by atoms with Crippen molar-refractivity contribution in [2.24, 2.45) is 0 Å². The van der Waals surface area contributed by atoms with Crippen molar-refractivity contribution in [1.82, 2.24) is 25.1 Å². The lowest BCUT2D eigenvalue weighted by Gasteiger charge is -2.01. The summed E-state index contributed by atoms with van der Waals surface area (Å²) in [6.07, 6.45) is 1.40. The Morgan fingerprint density at radius 2 is 2.16 bits per heavy atom. The van der Waals surface area contributed by atoms with Gasteiger partial charge in [-0.3, -0.25) is 9.48 Å². The largest absolute Gasteiger partial charge is 0.360 e. The fourth-order valence-corrected chi connectivity index (χ4v) is 3.23. The molecule has 0 unspecified atom stereocenters. The molecular formula is C15H17ClN6O2S. The maximum absolute atomic E-state index is 11.9. The molecule has 10 heteroatoms. The van der Waals surface area contributed by atoms with Crippen LogP contribution in [0.5, 0.6) is 0 Å². The summed E-state index contributed by atoms with van der Waals surface area (Å²) >= 11 is 7.03. The van der Waals surface area contributed by atoms with E-state index in [1.165, 1.54) is 11.3 Å². The summed E-state index contributed by atoms with van der Waals surface area (Å²) in [7, 11) is 0. The Morgan fingerprint density at radius 1 is 1.32 bits per heavy atom. The van der Waals surface area contributed by atoms with Gasteiger partial charge in [0.05, 0.1) is 5.69 Å². The minimum absolute atomic E-state index is 0.159. The van der Waals surface area contributed by atoms with Crippen molar-refractivity contribution in [3.8, 4) is 0 Å². The molecule has 3 aromatic heterocycles. The van der Waals surface area contributed by atoms with E-state index in [0.29, 0.717) is 23.7 Å². The number of nitrogens with one attached hydrogen (secondary N) is 1. The van der Waals surface area contributed by atoms with Crippen LogP contribution in [-0.4, -0.2) is 31.0 Å². The van der Waals surface area contributed by atoms with Gasteiger partial charge in [-0.05, 0) is 19.9 Å². The number of carbonyl (C=O) groups excluding carboxylic acids is 1. The predicted molar refractivity (Wildman–Crippen MR) is 93.8 cm³/mol. The van der Waals surface area contributed by atoms with Gasteiger partial charge in [0.15, 0.2) is 5.15 Å². The average molecular weight is 381 g/mol. The summed E-state index contributed by atoms with van der Waals surface area (Å²) in [4.78, 5) is 11.9. The van der Waals surface area contributed by atoms with Crippen LogP contribution in [0.15, 0.2) is 16.7 Å². The van der Waals surface area contributed by atoms with Crippen LogP contribution in [0.2, 0.25) is 5.15 Å².